The van der Waals surface area contributed by atoms with E-state index in [0.29, 0.717) is 24.3 Å². The van der Waals surface area contributed by atoms with Crippen LogP contribution in [0.5, 0.6) is 5.75 Å². The van der Waals surface area contributed by atoms with Gasteiger partial charge in [-0.3, -0.25) is 0 Å². The molecule has 7 nitrogen and oxygen atoms in total. The Morgan fingerprint density at radius 2 is 2.09 bits per heavy atom. The van der Waals surface area contributed by atoms with Gasteiger partial charge in [0.05, 0.1) is 18.3 Å². The first-order valence-electron chi connectivity index (χ1n) is 10.4. The number of hydrogen-bond acceptors (Lipinski definition) is 3. The number of phenolic OH excluding ortho intramolecular Hbond substituents is 1. The van der Waals surface area contributed by atoms with E-state index in [2.05, 4.69) is 10.2 Å². The SMILES string of the molecule is COCc1cc(CN(C)C(=O)N2CC(c3cc(F)ccc3F)=CC2c2cccc(O)c2)[nH][nH+]1. The highest BCUT2D eigenvalue weighted by Crippen LogP contribution is 2.37. The Hall–Kier alpha value is -3.72. The third-order valence-corrected chi connectivity index (χ3v) is 5.53. The van der Waals surface area contributed by atoms with Crippen LogP contribution in [-0.4, -0.2) is 46.7 Å². The smallest absolute Gasteiger partial charge is 0.321 e. The highest BCUT2D eigenvalue weighted by atomic mass is 19.1. The van der Waals surface area contributed by atoms with Gasteiger partial charge in [-0.15, -0.1) is 5.10 Å². The molecule has 1 unspecified atom stereocenters. The van der Waals surface area contributed by atoms with Crippen molar-refractivity contribution >= 4 is 11.6 Å². The molecule has 9 heteroatoms. The van der Waals surface area contributed by atoms with Crippen LogP contribution >= 0.6 is 0 Å². The number of carbonyl (C=O) groups excluding carboxylic acids is 1. The molecule has 1 aliphatic rings. The average molecular weight is 455 g/mol. The Kier molecular flexibility index (Phi) is 6.41. The molecule has 1 aromatic heterocycles. The number of aromatic hydroxyl groups is 1. The number of nitrogens with zero attached hydrogens (tertiary/aromatic N) is 2. The van der Waals surface area contributed by atoms with E-state index in [-0.39, 0.29) is 23.9 Å². The number of hydrogen-bond donors (Lipinski definition) is 2. The molecule has 4 rings (SSSR count). The van der Waals surface area contributed by atoms with Crippen molar-refractivity contribution < 1.29 is 28.5 Å². The molecule has 0 spiro atoms. The third-order valence-electron chi connectivity index (χ3n) is 5.53. The van der Waals surface area contributed by atoms with Gasteiger partial charge in [-0.2, -0.15) is 5.10 Å². The Morgan fingerprint density at radius 1 is 1.27 bits per heavy atom. The molecule has 0 fully saturated rings. The topological polar surface area (TPSA) is 82.9 Å². The zero-order valence-corrected chi connectivity index (χ0v) is 18.3. The molecule has 172 valence electrons. The quantitative estimate of drug-likeness (QED) is 0.595. The number of H-pyrrole nitrogens is 2. The van der Waals surface area contributed by atoms with Gasteiger partial charge in [0, 0.05) is 32.3 Å². The zero-order chi connectivity index (χ0) is 23.5. The summed E-state index contributed by atoms with van der Waals surface area (Å²) in [7, 11) is 3.26. The molecular formula is C24H25F2N4O3+. The molecule has 0 bridgehead atoms. The molecule has 0 radical (unpaired) electrons. The molecule has 2 heterocycles. The van der Waals surface area contributed by atoms with Crippen LogP contribution < -0.4 is 5.10 Å². The Bertz CT molecular complexity index is 1190. The summed E-state index contributed by atoms with van der Waals surface area (Å²) in [5, 5.41) is 15.9. The number of phenols is 1. The lowest BCUT2D eigenvalue weighted by Crippen LogP contribution is -2.41. The van der Waals surface area contributed by atoms with Gasteiger partial charge in [0.25, 0.3) is 0 Å². The van der Waals surface area contributed by atoms with Gasteiger partial charge in [-0.1, -0.05) is 18.2 Å². The van der Waals surface area contributed by atoms with Gasteiger partial charge in [0.15, 0.2) is 0 Å². The summed E-state index contributed by atoms with van der Waals surface area (Å²) in [6.45, 7) is 0.800. The summed E-state index contributed by atoms with van der Waals surface area (Å²) in [5.41, 5.74) is 2.91. The second-order valence-electron chi connectivity index (χ2n) is 8.00. The van der Waals surface area contributed by atoms with Gasteiger partial charge in [0.1, 0.15) is 24.0 Å². The Labute approximate surface area is 189 Å². The number of aromatic amines is 2. The van der Waals surface area contributed by atoms with Crippen LogP contribution in [0.1, 0.15) is 28.6 Å². The van der Waals surface area contributed by atoms with Crippen LogP contribution in [-0.2, 0) is 17.9 Å². The maximum Gasteiger partial charge on any atom is 0.321 e. The summed E-state index contributed by atoms with van der Waals surface area (Å²) in [6.07, 6.45) is 1.73. The predicted molar refractivity (Wildman–Crippen MR) is 117 cm³/mol. The first-order chi connectivity index (χ1) is 15.9. The summed E-state index contributed by atoms with van der Waals surface area (Å²) in [5.74, 6) is -1.06. The molecule has 0 aliphatic carbocycles. The van der Waals surface area contributed by atoms with E-state index < -0.39 is 17.7 Å². The largest absolute Gasteiger partial charge is 0.508 e. The molecular weight excluding hydrogens is 430 g/mol. The zero-order valence-electron chi connectivity index (χ0n) is 18.3. The second kappa shape index (κ2) is 9.41. The van der Waals surface area contributed by atoms with Crippen LogP contribution in [0, 0.1) is 11.6 Å². The number of carbonyl (C=O) groups is 1. The first-order valence-corrected chi connectivity index (χ1v) is 10.4. The number of aromatic nitrogens is 2. The lowest BCUT2D eigenvalue weighted by atomic mass is 10.0. The van der Waals surface area contributed by atoms with E-state index in [1.54, 1.807) is 43.3 Å². The fourth-order valence-corrected chi connectivity index (χ4v) is 4.01. The van der Waals surface area contributed by atoms with E-state index in [9.17, 15) is 18.7 Å². The molecule has 3 aromatic rings. The van der Waals surface area contributed by atoms with Crippen LogP contribution in [0.2, 0.25) is 0 Å². The summed E-state index contributed by atoms with van der Waals surface area (Å²) < 4.78 is 33.4. The standard InChI is InChI=1S/C24H24F2N4O3/c1-29(13-18-11-19(14-33-2)28-27-18)24(32)30-12-16(21-10-17(25)6-7-22(21)26)9-23(30)15-4-3-5-20(31)8-15/h3-11,23,31H,12-14H2,1-2H3,(H,27,28)/p+1. The van der Waals surface area contributed by atoms with Crippen molar-refractivity contribution in [1.29, 1.82) is 0 Å². The van der Waals surface area contributed by atoms with Gasteiger partial charge >= 0.3 is 6.03 Å². The predicted octanol–water partition coefficient (Wildman–Crippen LogP) is 3.65. The van der Waals surface area contributed by atoms with E-state index in [1.807, 2.05) is 6.07 Å². The Balaban J connectivity index is 1.62. The van der Waals surface area contributed by atoms with Crippen molar-refractivity contribution in [3.63, 3.8) is 0 Å². The van der Waals surface area contributed by atoms with Crippen molar-refractivity contribution in [2.24, 2.45) is 0 Å². The summed E-state index contributed by atoms with van der Waals surface area (Å²) in [6, 6.07) is 10.8. The lowest BCUT2D eigenvalue weighted by Gasteiger charge is -2.29. The maximum atomic E-state index is 14.5. The van der Waals surface area contributed by atoms with E-state index in [4.69, 9.17) is 4.74 Å². The highest BCUT2D eigenvalue weighted by molar-refractivity contribution is 5.82. The molecule has 0 saturated heterocycles. The number of halogens is 2. The highest BCUT2D eigenvalue weighted by Gasteiger charge is 2.33. The molecule has 33 heavy (non-hydrogen) atoms. The summed E-state index contributed by atoms with van der Waals surface area (Å²) in [4.78, 5) is 16.5. The molecule has 1 atom stereocenters. The van der Waals surface area contributed by atoms with E-state index in [1.165, 1.54) is 11.0 Å². The molecule has 3 N–H and O–H groups in total. The van der Waals surface area contributed by atoms with E-state index in [0.717, 1.165) is 29.6 Å². The average Bonchev–Trinajstić information content (AvgIpc) is 3.42. The third kappa shape index (κ3) is 4.88. The van der Waals surface area contributed by atoms with Gasteiger partial charge in [-0.25, -0.2) is 13.6 Å². The van der Waals surface area contributed by atoms with Crippen LogP contribution in [0.3, 0.4) is 0 Å². The van der Waals surface area contributed by atoms with Crippen molar-refractivity contribution in [1.82, 2.24) is 14.9 Å². The molecule has 1 aliphatic heterocycles. The van der Waals surface area contributed by atoms with Crippen LogP contribution in [0.15, 0.2) is 54.6 Å². The van der Waals surface area contributed by atoms with E-state index >= 15 is 0 Å². The number of rotatable bonds is 6. The van der Waals surface area contributed by atoms with Crippen LogP contribution in [0.25, 0.3) is 5.57 Å². The Morgan fingerprint density at radius 3 is 2.85 bits per heavy atom. The number of nitrogens with one attached hydrogen (secondary N) is 2. The number of benzene rings is 2. The molecule has 2 aromatic carbocycles. The maximum absolute atomic E-state index is 14.5. The van der Waals surface area contributed by atoms with Crippen molar-refractivity contribution in [3.8, 4) is 5.75 Å². The van der Waals surface area contributed by atoms with Crippen molar-refractivity contribution in [2.45, 2.75) is 19.2 Å². The fourth-order valence-electron chi connectivity index (χ4n) is 4.01. The molecule has 2 amide bonds. The van der Waals surface area contributed by atoms with Gasteiger partial charge in [-0.05, 0) is 41.5 Å². The number of ether oxygens (including phenoxy) is 1. The minimum Gasteiger partial charge on any atom is -0.508 e. The number of urea groups is 1. The number of amides is 2. The lowest BCUT2D eigenvalue weighted by molar-refractivity contribution is -0.464. The number of methoxy groups -OCH3 is 1. The summed E-state index contributed by atoms with van der Waals surface area (Å²) >= 11 is 0. The van der Waals surface area contributed by atoms with Crippen molar-refractivity contribution in [2.75, 3.05) is 20.7 Å². The normalized spacial score (nSPS) is 15.6. The first kappa shape index (κ1) is 22.5. The van der Waals surface area contributed by atoms with Crippen LogP contribution in [0.4, 0.5) is 13.6 Å². The minimum absolute atomic E-state index is 0.0552. The fraction of sp³-hybridized carbons (Fsp3) is 0.250. The van der Waals surface area contributed by atoms with Gasteiger partial charge in [0.2, 0.25) is 5.69 Å². The molecule has 0 saturated carbocycles. The minimum atomic E-state index is -0.562. The van der Waals surface area contributed by atoms with Crippen molar-refractivity contribution in [3.05, 3.63) is 88.8 Å². The van der Waals surface area contributed by atoms with Gasteiger partial charge < -0.3 is 19.6 Å². The monoisotopic (exact) mass is 455 g/mol. The second-order valence-corrected chi connectivity index (χ2v) is 8.00.